The first-order valence-corrected chi connectivity index (χ1v) is 9.30. The maximum atomic E-state index is 11.8. The van der Waals surface area contributed by atoms with Crippen molar-refractivity contribution in [1.29, 1.82) is 0 Å². The Hall–Kier alpha value is -0.960. The van der Waals surface area contributed by atoms with Crippen LogP contribution in [0.3, 0.4) is 0 Å². The molecule has 21 heavy (non-hydrogen) atoms. The smallest absolute Gasteiger partial charge is 0.250 e. The molecule has 1 fully saturated rings. The van der Waals surface area contributed by atoms with Crippen LogP contribution in [0.15, 0.2) is 21.7 Å². The lowest BCUT2D eigenvalue weighted by molar-refractivity contribution is -0.122. The minimum Gasteiger partial charge on any atom is -0.388 e. The van der Waals surface area contributed by atoms with Crippen LogP contribution in [0.1, 0.15) is 32.1 Å². The van der Waals surface area contributed by atoms with E-state index in [1.807, 2.05) is 0 Å². The Labute approximate surface area is 128 Å². The van der Waals surface area contributed by atoms with Gasteiger partial charge in [0, 0.05) is 19.5 Å². The normalized spacial score (nSPS) is 17.8. The van der Waals surface area contributed by atoms with E-state index in [1.165, 1.54) is 6.07 Å². The first kappa shape index (κ1) is 16.4. The second kappa shape index (κ2) is 6.87. The highest BCUT2D eigenvalue weighted by Gasteiger charge is 2.31. The molecule has 1 aromatic heterocycles. The summed E-state index contributed by atoms with van der Waals surface area (Å²) in [7, 11) is -3.52. The third-order valence-corrected chi connectivity index (χ3v) is 6.41. The Kier molecular flexibility index (Phi) is 5.37. The predicted molar refractivity (Wildman–Crippen MR) is 80.6 cm³/mol. The van der Waals surface area contributed by atoms with Gasteiger partial charge in [-0.1, -0.05) is 18.9 Å². The molecule has 3 N–H and O–H groups in total. The highest BCUT2D eigenvalue weighted by molar-refractivity contribution is 7.91. The SMILES string of the molecule is O=C(CCNS(=O)(=O)c1cccs1)NCC1(O)CCCC1. The van der Waals surface area contributed by atoms with Crippen LogP contribution in [0, 0.1) is 0 Å². The van der Waals surface area contributed by atoms with Gasteiger partial charge in [0.05, 0.1) is 5.60 Å². The fourth-order valence-electron chi connectivity index (χ4n) is 2.35. The zero-order valence-corrected chi connectivity index (χ0v) is 13.3. The largest absolute Gasteiger partial charge is 0.388 e. The van der Waals surface area contributed by atoms with Crippen molar-refractivity contribution >= 4 is 27.3 Å². The van der Waals surface area contributed by atoms with Gasteiger partial charge in [0.15, 0.2) is 0 Å². The topological polar surface area (TPSA) is 95.5 Å². The maximum absolute atomic E-state index is 11.8. The van der Waals surface area contributed by atoms with Crippen molar-refractivity contribution in [3.63, 3.8) is 0 Å². The Bertz CT molecular complexity index is 563. The molecule has 1 aliphatic rings. The van der Waals surface area contributed by atoms with Crippen LogP contribution < -0.4 is 10.0 Å². The molecule has 1 amide bonds. The maximum Gasteiger partial charge on any atom is 0.250 e. The number of hydrogen-bond acceptors (Lipinski definition) is 5. The molecule has 1 aliphatic carbocycles. The Morgan fingerprint density at radius 3 is 2.71 bits per heavy atom. The third-order valence-electron chi connectivity index (χ3n) is 3.55. The van der Waals surface area contributed by atoms with E-state index in [1.54, 1.807) is 11.4 Å². The monoisotopic (exact) mass is 332 g/mol. The molecule has 0 atom stereocenters. The molecule has 0 bridgehead atoms. The van der Waals surface area contributed by atoms with Crippen molar-refractivity contribution in [1.82, 2.24) is 10.0 Å². The van der Waals surface area contributed by atoms with E-state index in [2.05, 4.69) is 10.0 Å². The summed E-state index contributed by atoms with van der Waals surface area (Å²) in [6.07, 6.45) is 3.43. The molecule has 1 saturated carbocycles. The van der Waals surface area contributed by atoms with Gasteiger partial charge in [-0.25, -0.2) is 13.1 Å². The van der Waals surface area contributed by atoms with Gasteiger partial charge in [-0.2, -0.15) is 0 Å². The van der Waals surface area contributed by atoms with E-state index in [0.29, 0.717) is 12.8 Å². The van der Waals surface area contributed by atoms with Crippen LogP contribution in [0.5, 0.6) is 0 Å². The Morgan fingerprint density at radius 2 is 2.10 bits per heavy atom. The standard InChI is InChI=1S/C13H20N2O4S2/c16-11(14-10-13(17)6-1-2-7-13)5-8-15-21(18,19)12-4-3-9-20-12/h3-4,9,15,17H,1-2,5-8,10H2,(H,14,16). The van der Waals surface area contributed by atoms with E-state index in [-0.39, 0.29) is 29.6 Å². The van der Waals surface area contributed by atoms with E-state index in [0.717, 1.165) is 24.2 Å². The lowest BCUT2D eigenvalue weighted by atomic mass is 10.0. The number of carbonyl (C=O) groups is 1. The average Bonchev–Trinajstić information content (AvgIpc) is 3.08. The van der Waals surface area contributed by atoms with Crippen molar-refractivity contribution in [3.05, 3.63) is 17.5 Å². The minimum atomic E-state index is -3.52. The zero-order valence-electron chi connectivity index (χ0n) is 11.7. The second-order valence-electron chi connectivity index (χ2n) is 5.29. The fraction of sp³-hybridized carbons (Fsp3) is 0.615. The lowest BCUT2D eigenvalue weighted by Gasteiger charge is -2.22. The molecular weight excluding hydrogens is 312 g/mol. The number of thiophene rings is 1. The first-order chi connectivity index (χ1) is 9.91. The number of hydrogen-bond donors (Lipinski definition) is 3. The second-order valence-corrected chi connectivity index (χ2v) is 8.23. The van der Waals surface area contributed by atoms with E-state index in [9.17, 15) is 18.3 Å². The number of sulfonamides is 1. The van der Waals surface area contributed by atoms with E-state index in [4.69, 9.17) is 0 Å². The average molecular weight is 332 g/mol. The van der Waals surface area contributed by atoms with Gasteiger partial charge in [-0.15, -0.1) is 11.3 Å². The molecule has 0 saturated heterocycles. The van der Waals surface area contributed by atoms with Gasteiger partial charge in [-0.05, 0) is 24.3 Å². The van der Waals surface area contributed by atoms with Gasteiger partial charge in [0.2, 0.25) is 15.9 Å². The summed E-state index contributed by atoms with van der Waals surface area (Å²) >= 11 is 1.13. The van der Waals surface area contributed by atoms with Crippen LogP contribution in [0.2, 0.25) is 0 Å². The highest BCUT2D eigenvalue weighted by Crippen LogP contribution is 2.28. The minimum absolute atomic E-state index is 0.0461. The Balaban J connectivity index is 1.70. The quantitative estimate of drug-likeness (QED) is 0.689. The van der Waals surface area contributed by atoms with Crippen molar-refractivity contribution in [3.8, 4) is 0 Å². The summed E-state index contributed by atoms with van der Waals surface area (Å²) in [5.41, 5.74) is -0.786. The summed E-state index contributed by atoms with van der Waals surface area (Å²) in [6, 6.07) is 3.18. The fourth-order valence-corrected chi connectivity index (χ4v) is 4.42. The number of nitrogens with one attached hydrogen (secondary N) is 2. The molecule has 0 unspecified atom stereocenters. The molecule has 0 aliphatic heterocycles. The van der Waals surface area contributed by atoms with Gasteiger partial charge in [0.25, 0.3) is 0 Å². The molecule has 0 radical (unpaired) electrons. The van der Waals surface area contributed by atoms with Gasteiger partial charge < -0.3 is 10.4 Å². The van der Waals surface area contributed by atoms with Crippen molar-refractivity contribution in [2.24, 2.45) is 0 Å². The van der Waals surface area contributed by atoms with Crippen molar-refractivity contribution in [2.45, 2.75) is 41.9 Å². The van der Waals surface area contributed by atoms with Crippen LogP contribution in [0.25, 0.3) is 0 Å². The predicted octanol–water partition coefficient (Wildman–Crippen LogP) is 0.838. The van der Waals surface area contributed by atoms with Crippen LogP contribution >= 0.6 is 11.3 Å². The molecule has 0 aromatic carbocycles. The zero-order chi connectivity index (χ0) is 15.3. The molecule has 118 valence electrons. The summed E-state index contributed by atoms with van der Waals surface area (Å²) in [6.45, 7) is 0.286. The lowest BCUT2D eigenvalue weighted by Crippen LogP contribution is -2.41. The number of amides is 1. The van der Waals surface area contributed by atoms with Crippen molar-refractivity contribution in [2.75, 3.05) is 13.1 Å². The van der Waals surface area contributed by atoms with Crippen LogP contribution in [-0.2, 0) is 14.8 Å². The van der Waals surface area contributed by atoms with Gasteiger partial charge in [0.1, 0.15) is 4.21 Å². The first-order valence-electron chi connectivity index (χ1n) is 6.94. The number of aliphatic hydroxyl groups is 1. The van der Waals surface area contributed by atoms with Gasteiger partial charge in [-0.3, -0.25) is 4.79 Å². The van der Waals surface area contributed by atoms with Crippen molar-refractivity contribution < 1.29 is 18.3 Å². The number of rotatable bonds is 7. The molecule has 8 heteroatoms. The molecule has 1 aromatic rings. The molecule has 1 heterocycles. The third kappa shape index (κ3) is 4.77. The summed E-state index contributed by atoms with van der Waals surface area (Å²) in [5, 5.41) is 14.4. The summed E-state index contributed by atoms with van der Waals surface area (Å²) in [5.74, 6) is -0.260. The van der Waals surface area contributed by atoms with Crippen LogP contribution in [0.4, 0.5) is 0 Å². The molecular formula is C13H20N2O4S2. The molecule has 6 nitrogen and oxygen atoms in total. The van der Waals surface area contributed by atoms with E-state index < -0.39 is 15.6 Å². The Morgan fingerprint density at radius 1 is 1.38 bits per heavy atom. The highest BCUT2D eigenvalue weighted by atomic mass is 32.2. The molecule has 2 rings (SSSR count). The summed E-state index contributed by atoms with van der Waals surface area (Å²) < 4.78 is 26.3. The van der Waals surface area contributed by atoms with E-state index >= 15 is 0 Å². The number of carbonyl (C=O) groups excluding carboxylic acids is 1. The van der Waals surface area contributed by atoms with Gasteiger partial charge >= 0.3 is 0 Å². The van der Waals surface area contributed by atoms with Crippen LogP contribution in [-0.4, -0.2) is 38.1 Å². The molecule has 0 spiro atoms. The summed E-state index contributed by atoms with van der Waals surface area (Å²) in [4.78, 5) is 11.7.